The van der Waals surface area contributed by atoms with Crippen molar-refractivity contribution < 1.29 is 14.6 Å². The van der Waals surface area contributed by atoms with Gasteiger partial charge in [0.25, 0.3) is 0 Å². The lowest BCUT2D eigenvalue weighted by molar-refractivity contribution is 0.171. The Balaban J connectivity index is 2.00. The van der Waals surface area contributed by atoms with E-state index in [1.54, 1.807) is 0 Å². The maximum atomic E-state index is 9.16. The smallest absolute Gasteiger partial charge is 0.161 e. The quantitative estimate of drug-likeness (QED) is 0.879. The highest BCUT2D eigenvalue weighted by molar-refractivity contribution is 5.67. The summed E-state index contributed by atoms with van der Waals surface area (Å²) in [4.78, 5) is 0. The van der Waals surface area contributed by atoms with E-state index in [9.17, 15) is 0 Å². The number of benzene rings is 2. The lowest BCUT2D eigenvalue weighted by atomic mass is 10.0. The Kier molecular flexibility index (Phi) is 2.90. The Labute approximate surface area is 106 Å². The van der Waals surface area contributed by atoms with Gasteiger partial charge in [0.2, 0.25) is 0 Å². The normalized spacial score (nSPS) is 13.4. The summed E-state index contributed by atoms with van der Waals surface area (Å²) in [6.07, 6.45) is 0. The van der Waals surface area contributed by atoms with Gasteiger partial charge in [-0.3, -0.25) is 0 Å². The molecule has 0 unspecified atom stereocenters. The van der Waals surface area contributed by atoms with Crippen LogP contribution in [0.2, 0.25) is 0 Å². The fraction of sp³-hybridized carbons (Fsp3) is 0.200. The van der Waals surface area contributed by atoms with E-state index in [0.29, 0.717) is 13.2 Å². The van der Waals surface area contributed by atoms with Crippen molar-refractivity contribution >= 4 is 0 Å². The van der Waals surface area contributed by atoms with E-state index in [1.807, 2.05) is 42.5 Å². The molecule has 3 nitrogen and oxygen atoms in total. The second-order valence-electron chi connectivity index (χ2n) is 4.22. The Morgan fingerprint density at radius 2 is 1.67 bits per heavy atom. The topological polar surface area (TPSA) is 38.7 Å². The van der Waals surface area contributed by atoms with Crippen molar-refractivity contribution in [2.24, 2.45) is 0 Å². The minimum atomic E-state index is 0.0540. The molecule has 0 saturated heterocycles. The van der Waals surface area contributed by atoms with Crippen molar-refractivity contribution in [1.29, 1.82) is 0 Å². The van der Waals surface area contributed by atoms with E-state index < -0.39 is 0 Å². The van der Waals surface area contributed by atoms with Gasteiger partial charge < -0.3 is 14.6 Å². The third-order valence-corrected chi connectivity index (χ3v) is 2.99. The molecule has 1 N–H and O–H groups in total. The van der Waals surface area contributed by atoms with E-state index in [0.717, 1.165) is 28.2 Å². The first kappa shape index (κ1) is 11.1. The van der Waals surface area contributed by atoms with Crippen molar-refractivity contribution in [2.75, 3.05) is 13.2 Å². The highest BCUT2D eigenvalue weighted by atomic mass is 16.6. The van der Waals surface area contributed by atoms with E-state index in [2.05, 4.69) is 0 Å². The molecule has 0 aromatic heterocycles. The van der Waals surface area contributed by atoms with Crippen molar-refractivity contribution in [2.45, 2.75) is 6.61 Å². The van der Waals surface area contributed by atoms with Crippen LogP contribution in [0, 0.1) is 0 Å². The van der Waals surface area contributed by atoms with Gasteiger partial charge in [-0.25, -0.2) is 0 Å². The van der Waals surface area contributed by atoms with Crippen molar-refractivity contribution in [3.05, 3.63) is 48.0 Å². The van der Waals surface area contributed by atoms with E-state index in [-0.39, 0.29) is 6.61 Å². The van der Waals surface area contributed by atoms with Crippen LogP contribution >= 0.6 is 0 Å². The van der Waals surface area contributed by atoms with E-state index in [4.69, 9.17) is 14.6 Å². The summed E-state index contributed by atoms with van der Waals surface area (Å²) >= 11 is 0. The molecular formula is C15H14O3. The average molecular weight is 242 g/mol. The number of hydrogen-bond donors (Lipinski definition) is 1. The van der Waals surface area contributed by atoms with Crippen LogP contribution in [0.3, 0.4) is 0 Å². The maximum Gasteiger partial charge on any atom is 0.161 e. The molecule has 1 aliphatic rings. The van der Waals surface area contributed by atoms with Crippen LogP contribution in [0.25, 0.3) is 11.1 Å². The summed E-state index contributed by atoms with van der Waals surface area (Å²) in [5, 5.41) is 9.16. The van der Waals surface area contributed by atoms with Crippen LogP contribution in [0.1, 0.15) is 5.56 Å². The zero-order valence-corrected chi connectivity index (χ0v) is 9.93. The van der Waals surface area contributed by atoms with Crippen LogP contribution in [-0.2, 0) is 6.61 Å². The van der Waals surface area contributed by atoms with Crippen molar-refractivity contribution in [3.8, 4) is 22.6 Å². The molecule has 0 spiro atoms. The van der Waals surface area contributed by atoms with Gasteiger partial charge in [0.15, 0.2) is 11.5 Å². The Morgan fingerprint density at radius 3 is 2.50 bits per heavy atom. The molecule has 3 heteroatoms. The van der Waals surface area contributed by atoms with Crippen LogP contribution in [0.4, 0.5) is 0 Å². The highest BCUT2D eigenvalue weighted by Crippen LogP contribution is 2.34. The summed E-state index contributed by atoms with van der Waals surface area (Å²) < 4.78 is 11.1. The van der Waals surface area contributed by atoms with Gasteiger partial charge in [0.05, 0.1) is 6.61 Å². The maximum absolute atomic E-state index is 9.16. The number of ether oxygens (including phenoxy) is 2. The van der Waals surface area contributed by atoms with Gasteiger partial charge in [-0.05, 0) is 34.9 Å². The fourth-order valence-corrected chi connectivity index (χ4v) is 2.07. The SMILES string of the molecule is OCc1cccc(-c2ccc3c(c2)OCCO3)c1. The lowest BCUT2D eigenvalue weighted by Crippen LogP contribution is -2.15. The van der Waals surface area contributed by atoms with Crippen molar-refractivity contribution in [1.82, 2.24) is 0 Å². The number of aliphatic hydroxyl groups is 1. The minimum Gasteiger partial charge on any atom is -0.486 e. The second-order valence-corrected chi connectivity index (χ2v) is 4.22. The first-order valence-corrected chi connectivity index (χ1v) is 5.96. The summed E-state index contributed by atoms with van der Waals surface area (Å²) in [7, 11) is 0. The molecule has 0 saturated carbocycles. The predicted octanol–water partition coefficient (Wildman–Crippen LogP) is 2.62. The number of aliphatic hydroxyl groups excluding tert-OH is 1. The summed E-state index contributed by atoms with van der Waals surface area (Å²) in [6.45, 7) is 1.25. The van der Waals surface area contributed by atoms with Crippen LogP contribution in [0.5, 0.6) is 11.5 Å². The number of hydrogen-bond acceptors (Lipinski definition) is 3. The molecule has 0 fully saturated rings. The third kappa shape index (κ3) is 2.05. The first-order chi connectivity index (χ1) is 8.86. The molecule has 0 amide bonds. The number of fused-ring (bicyclic) bond motifs is 1. The lowest BCUT2D eigenvalue weighted by Gasteiger charge is -2.19. The molecule has 0 bridgehead atoms. The molecule has 18 heavy (non-hydrogen) atoms. The molecule has 3 rings (SSSR count). The molecule has 2 aromatic carbocycles. The van der Waals surface area contributed by atoms with Gasteiger partial charge in [0.1, 0.15) is 13.2 Å². The minimum absolute atomic E-state index is 0.0540. The average Bonchev–Trinajstić information content (AvgIpc) is 2.47. The standard InChI is InChI=1S/C15H14O3/c16-10-11-2-1-3-12(8-11)13-4-5-14-15(9-13)18-7-6-17-14/h1-5,8-9,16H,6-7,10H2. The Bertz CT molecular complexity index is 563. The monoisotopic (exact) mass is 242 g/mol. The predicted molar refractivity (Wildman–Crippen MR) is 68.8 cm³/mol. The molecule has 0 radical (unpaired) electrons. The largest absolute Gasteiger partial charge is 0.486 e. The van der Waals surface area contributed by atoms with Crippen LogP contribution < -0.4 is 9.47 Å². The van der Waals surface area contributed by atoms with Gasteiger partial charge in [-0.1, -0.05) is 24.3 Å². The highest BCUT2D eigenvalue weighted by Gasteiger charge is 2.12. The summed E-state index contributed by atoms with van der Waals surface area (Å²) in [5.41, 5.74) is 3.04. The summed E-state index contributed by atoms with van der Waals surface area (Å²) in [5.74, 6) is 1.58. The molecular weight excluding hydrogens is 228 g/mol. The molecule has 1 aliphatic heterocycles. The molecule has 92 valence electrons. The number of rotatable bonds is 2. The fourth-order valence-electron chi connectivity index (χ4n) is 2.07. The van der Waals surface area contributed by atoms with Gasteiger partial charge in [0, 0.05) is 0 Å². The Morgan fingerprint density at radius 1 is 0.889 bits per heavy atom. The molecule has 0 aliphatic carbocycles. The third-order valence-electron chi connectivity index (χ3n) is 2.99. The van der Waals surface area contributed by atoms with Gasteiger partial charge in [-0.2, -0.15) is 0 Å². The second kappa shape index (κ2) is 4.70. The zero-order chi connectivity index (χ0) is 12.4. The van der Waals surface area contributed by atoms with Crippen molar-refractivity contribution in [3.63, 3.8) is 0 Å². The zero-order valence-electron chi connectivity index (χ0n) is 9.93. The van der Waals surface area contributed by atoms with Gasteiger partial charge in [-0.15, -0.1) is 0 Å². The van der Waals surface area contributed by atoms with Gasteiger partial charge >= 0.3 is 0 Å². The van der Waals surface area contributed by atoms with E-state index in [1.165, 1.54) is 0 Å². The summed E-state index contributed by atoms with van der Waals surface area (Å²) in [6, 6.07) is 13.7. The Hall–Kier alpha value is -2.00. The molecule has 2 aromatic rings. The van der Waals surface area contributed by atoms with Crippen LogP contribution in [-0.4, -0.2) is 18.3 Å². The first-order valence-electron chi connectivity index (χ1n) is 5.96. The molecule has 0 atom stereocenters. The van der Waals surface area contributed by atoms with E-state index >= 15 is 0 Å². The van der Waals surface area contributed by atoms with Crippen LogP contribution in [0.15, 0.2) is 42.5 Å². The molecule has 1 heterocycles.